The third-order valence-electron chi connectivity index (χ3n) is 1.96. The molecular weight excluding hydrogens is 242 g/mol. The summed E-state index contributed by atoms with van der Waals surface area (Å²) in [4.78, 5) is 22.8. The molecule has 5 nitrogen and oxygen atoms in total. The molecular formula is C11H24ClN3O2. The minimum Gasteiger partial charge on any atom is -0.354 e. The first kappa shape index (κ1) is 18.6. The van der Waals surface area contributed by atoms with E-state index < -0.39 is 11.0 Å². The van der Waals surface area contributed by atoms with Gasteiger partial charge in [-0.15, -0.1) is 12.4 Å². The third-order valence-corrected chi connectivity index (χ3v) is 1.96. The Hall–Kier alpha value is -0.810. The van der Waals surface area contributed by atoms with E-state index in [9.17, 15) is 9.59 Å². The van der Waals surface area contributed by atoms with Crippen LogP contribution in [0.4, 0.5) is 0 Å². The van der Waals surface area contributed by atoms with Crippen molar-refractivity contribution in [3.05, 3.63) is 0 Å². The normalized spacial score (nSPS) is 11.4. The van der Waals surface area contributed by atoms with Crippen molar-refractivity contribution in [3.8, 4) is 0 Å². The van der Waals surface area contributed by atoms with E-state index >= 15 is 0 Å². The lowest BCUT2D eigenvalue weighted by molar-refractivity contribution is -0.129. The van der Waals surface area contributed by atoms with Gasteiger partial charge in [0, 0.05) is 18.5 Å². The summed E-state index contributed by atoms with van der Waals surface area (Å²) in [5, 5.41) is 5.39. The van der Waals surface area contributed by atoms with E-state index in [0.717, 1.165) is 0 Å². The highest BCUT2D eigenvalue weighted by Gasteiger charge is 2.22. The maximum absolute atomic E-state index is 11.5. The number of halogens is 1. The molecule has 0 atom stereocenters. The first-order chi connectivity index (χ1) is 7.05. The number of hydrogen-bond acceptors (Lipinski definition) is 3. The van der Waals surface area contributed by atoms with E-state index in [-0.39, 0.29) is 24.2 Å². The summed E-state index contributed by atoms with van der Waals surface area (Å²) in [5.41, 5.74) is 4.30. The number of carbonyl (C=O) groups excluding carboxylic acids is 2. The van der Waals surface area contributed by atoms with Gasteiger partial charge in [0.25, 0.3) is 0 Å². The Morgan fingerprint density at radius 1 is 0.941 bits per heavy atom. The van der Waals surface area contributed by atoms with Crippen LogP contribution in [0.1, 0.15) is 34.6 Å². The second-order valence-corrected chi connectivity index (χ2v) is 5.48. The summed E-state index contributed by atoms with van der Waals surface area (Å²) in [6, 6.07) is 0. The van der Waals surface area contributed by atoms with Gasteiger partial charge in [0.05, 0.1) is 5.54 Å². The predicted molar refractivity (Wildman–Crippen MR) is 71.0 cm³/mol. The summed E-state index contributed by atoms with van der Waals surface area (Å²) in [5.74, 6) is -0.258. The molecule has 0 aromatic carbocycles. The molecule has 4 N–H and O–H groups in total. The van der Waals surface area contributed by atoms with Gasteiger partial charge in [-0.05, 0) is 13.8 Å². The van der Waals surface area contributed by atoms with Gasteiger partial charge >= 0.3 is 0 Å². The first-order valence-electron chi connectivity index (χ1n) is 5.40. The highest BCUT2D eigenvalue weighted by molar-refractivity contribution is 5.85. The van der Waals surface area contributed by atoms with Gasteiger partial charge in [0.2, 0.25) is 11.8 Å². The van der Waals surface area contributed by atoms with Gasteiger partial charge in [-0.2, -0.15) is 0 Å². The zero-order valence-electron chi connectivity index (χ0n) is 11.2. The summed E-state index contributed by atoms with van der Waals surface area (Å²) < 4.78 is 0. The van der Waals surface area contributed by atoms with E-state index in [2.05, 4.69) is 10.6 Å². The van der Waals surface area contributed by atoms with E-state index in [1.807, 2.05) is 20.8 Å². The molecule has 0 rings (SSSR count). The van der Waals surface area contributed by atoms with Crippen LogP contribution < -0.4 is 16.4 Å². The maximum Gasteiger partial charge on any atom is 0.239 e. The van der Waals surface area contributed by atoms with Crippen molar-refractivity contribution < 1.29 is 9.59 Å². The van der Waals surface area contributed by atoms with Crippen molar-refractivity contribution >= 4 is 24.2 Å². The van der Waals surface area contributed by atoms with Crippen molar-refractivity contribution in [2.24, 2.45) is 11.1 Å². The molecule has 2 amide bonds. The highest BCUT2D eigenvalue weighted by Crippen LogP contribution is 2.11. The van der Waals surface area contributed by atoms with Crippen LogP contribution >= 0.6 is 12.4 Å². The molecule has 102 valence electrons. The molecule has 0 unspecified atom stereocenters. The van der Waals surface area contributed by atoms with Crippen molar-refractivity contribution in [1.82, 2.24) is 10.6 Å². The summed E-state index contributed by atoms with van der Waals surface area (Å²) >= 11 is 0. The van der Waals surface area contributed by atoms with Gasteiger partial charge in [-0.25, -0.2) is 0 Å². The van der Waals surface area contributed by atoms with Crippen molar-refractivity contribution in [2.45, 2.75) is 40.2 Å². The Bertz CT molecular complexity index is 239. The van der Waals surface area contributed by atoms with Crippen LogP contribution in [0, 0.1) is 5.41 Å². The second kappa shape index (κ2) is 6.81. The molecule has 0 saturated heterocycles. The Morgan fingerprint density at radius 2 is 1.29 bits per heavy atom. The minimum atomic E-state index is -0.881. The second-order valence-electron chi connectivity index (χ2n) is 5.48. The lowest BCUT2D eigenvalue weighted by Crippen LogP contribution is -2.50. The summed E-state index contributed by atoms with van der Waals surface area (Å²) in [7, 11) is 0. The SMILES string of the molecule is CC(C)(C)C(=O)NCCNC(=O)C(C)(C)N.Cl. The van der Waals surface area contributed by atoms with Crippen molar-refractivity contribution in [1.29, 1.82) is 0 Å². The molecule has 0 aromatic heterocycles. The van der Waals surface area contributed by atoms with Gasteiger partial charge in [0.1, 0.15) is 0 Å². The molecule has 0 aliphatic heterocycles. The number of hydrogen-bond donors (Lipinski definition) is 3. The first-order valence-corrected chi connectivity index (χ1v) is 5.40. The maximum atomic E-state index is 11.5. The molecule has 6 heteroatoms. The van der Waals surface area contributed by atoms with Crippen LogP contribution in [-0.4, -0.2) is 30.4 Å². The zero-order chi connectivity index (χ0) is 13.0. The van der Waals surface area contributed by atoms with Crippen LogP contribution in [-0.2, 0) is 9.59 Å². The van der Waals surface area contributed by atoms with Crippen LogP contribution in [0.25, 0.3) is 0 Å². The molecule has 17 heavy (non-hydrogen) atoms. The molecule has 0 spiro atoms. The molecule has 0 fully saturated rings. The molecule has 0 heterocycles. The number of rotatable bonds is 4. The molecule has 0 aliphatic rings. The Morgan fingerprint density at radius 3 is 1.59 bits per heavy atom. The van der Waals surface area contributed by atoms with Gasteiger partial charge in [-0.3, -0.25) is 9.59 Å². The highest BCUT2D eigenvalue weighted by atomic mass is 35.5. The van der Waals surface area contributed by atoms with Crippen LogP contribution in [0.5, 0.6) is 0 Å². The Labute approximate surface area is 109 Å². The van der Waals surface area contributed by atoms with Gasteiger partial charge in [0.15, 0.2) is 0 Å². The smallest absolute Gasteiger partial charge is 0.239 e. The fraction of sp³-hybridized carbons (Fsp3) is 0.818. The zero-order valence-corrected chi connectivity index (χ0v) is 12.0. The van der Waals surface area contributed by atoms with Gasteiger partial charge < -0.3 is 16.4 Å². The predicted octanol–water partition coefficient (Wildman–Crippen LogP) is 0.424. The monoisotopic (exact) mass is 265 g/mol. The van der Waals surface area contributed by atoms with Gasteiger partial charge in [-0.1, -0.05) is 20.8 Å². The standard InChI is InChI=1S/C11H23N3O2.ClH/c1-10(2,3)8(15)13-6-7-14-9(16)11(4,5)12;/h6-7,12H2,1-5H3,(H,13,15)(H,14,16);1H. The fourth-order valence-corrected chi connectivity index (χ4v) is 0.845. The average molecular weight is 266 g/mol. The summed E-state index contributed by atoms with van der Waals surface area (Å²) in [6.45, 7) is 9.59. The molecule has 0 aromatic rings. The molecule has 0 radical (unpaired) electrons. The number of nitrogens with one attached hydrogen (secondary N) is 2. The number of amides is 2. The lowest BCUT2D eigenvalue weighted by atomic mass is 9.96. The number of carbonyl (C=O) groups is 2. The van der Waals surface area contributed by atoms with E-state index in [1.54, 1.807) is 13.8 Å². The largest absolute Gasteiger partial charge is 0.354 e. The van der Waals surface area contributed by atoms with E-state index in [1.165, 1.54) is 0 Å². The van der Waals surface area contributed by atoms with Crippen LogP contribution in [0.2, 0.25) is 0 Å². The Balaban J connectivity index is 0. The topological polar surface area (TPSA) is 84.2 Å². The minimum absolute atomic E-state index is 0. The van der Waals surface area contributed by atoms with E-state index in [0.29, 0.717) is 13.1 Å². The van der Waals surface area contributed by atoms with Crippen molar-refractivity contribution in [2.75, 3.05) is 13.1 Å². The average Bonchev–Trinajstić information content (AvgIpc) is 2.08. The fourth-order valence-electron chi connectivity index (χ4n) is 0.845. The van der Waals surface area contributed by atoms with Crippen LogP contribution in [0.15, 0.2) is 0 Å². The van der Waals surface area contributed by atoms with Crippen molar-refractivity contribution in [3.63, 3.8) is 0 Å². The number of nitrogens with two attached hydrogens (primary N) is 1. The third kappa shape index (κ3) is 7.99. The molecule has 0 saturated carbocycles. The molecule has 0 aliphatic carbocycles. The van der Waals surface area contributed by atoms with E-state index in [4.69, 9.17) is 5.73 Å². The molecule has 0 bridgehead atoms. The summed E-state index contributed by atoms with van der Waals surface area (Å²) in [6.07, 6.45) is 0. The quantitative estimate of drug-likeness (QED) is 0.645. The lowest BCUT2D eigenvalue weighted by Gasteiger charge is -2.20. The Kier molecular flexibility index (Phi) is 7.43. The van der Waals surface area contributed by atoms with Crippen LogP contribution in [0.3, 0.4) is 0 Å².